The molecule has 0 saturated carbocycles. The van der Waals surface area contributed by atoms with Crippen LogP contribution >= 0.6 is 0 Å². The number of nitrogens with two attached hydrogens (primary N) is 1. The van der Waals surface area contributed by atoms with E-state index in [1.165, 1.54) is 38.5 Å². The van der Waals surface area contributed by atoms with Crippen LogP contribution in [0, 0.1) is 0 Å². The van der Waals surface area contributed by atoms with E-state index in [9.17, 15) is 4.79 Å². The number of benzene rings is 1. The van der Waals surface area contributed by atoms with Crippen LogP contribution in [-0.4, -0.2) is 9.13 Å². The lowest BCUT2D eigenvalue weighted by Gasteiger charge is -2.03. The Bertz CT molecular complexity index is 669. The van der Waals surface area contributed by atoms with Crippen LogP contribution in [0.3, 0.4) is 0 Å². The fraction of sp³-hybridized carbons (Fsp3) is 0.632. The van der Waals surface area contributed by atoms with E-state index in [1.54, 1.807) is 0 Å². The van der Waals surface area contributed by atoms with Gasteiger partial charge in [-0.15, -0.1) is 0 Å². The largest absolute Gasteiger partial charge is 0.399 e. The maximum absolute atomic E-state index is 12.8. The van der Waals surface area contributed by atoms with Gasteiger partial charge in [0, 0.05) is 18.8 Å². The van der Waals surface area contributed by atoms with Gasteiger partial charge in [-0.1, -0.05) is 52.4 Å². The van der Waals surface area contributed by atoms with Crippen molar-refractivity contribution < 1.29 is 0 Å². The van der Waals surface area contributed by atoms with Crippen molar-refractivity contribution >= 4 is 16.7 Å². The Labute approximate surface area is 139 Å². The van der Waals surface area contributed by atoms with Crippen molar-refractivity contribution in [3.8, 4) is 0 Å². The molecule has 2 aromatic rings. The van der Waals surface area contributed by atoms with Gasteiger partial charge >= 0.3 is 5.69 Å². The molecule has 0 aliphatic rings. The van der Waals surface area contributed by atoms with Gasteiger partial charge in [0.25, 0.3) is 0 Å². The predicted molar refractivity (Wildman–Crippen MR) is 98.9 cm³/mol. The first-order valence-corrected chi connectivity index (χ1v) is 9.17. The Morgan fingerprint density at radius 2 is 1.39 bits per heavy atom. The third kappa shape index (κ3) is 4.40. The van der Waals surface area contributed by atoms with E-state index in [2.05, 4.69) is 13.8 Å². The zero-order valence-electron chi connectivity index (χ0n) is 14.7. The fourth-order valence-electron chi connectivity index (χ4n) is 3.16. The highest BCUT2D eigenvalue weighted by atomic mass is 16.1. The molecular formula is C19H31N3O. The lowest BCUT2D eigenvalue weighted by atomic mass is 10.2. The summed E-state index contributed by atoms with van der Waals surface area (Å²) in [6.45, 7) is 6.01. The van der Waals surface area contributed by atoms with E-state index in [0.29, 0.717) is 0 Å². The first-order valence-electron chi connectivity index (χ1n) is 9.17. The van der Waals surface area contributed by atoms with Crippen LogP contribution in [-0.2, 0) is 13.1 Å². The molecule has 0 bridgehead atoms. The number of nitrogens with zero attached hydrogens (tertiary/aromatic N) is 2. The summed E-state index contributed by atoms with van der Waals surface area (Å²) >= 11 is 0. The van der Waals surface area contributed by atoms with Gasteiger partial charge in [0.15, 0.2) is 0 Å². The summed E-state index contributed by atoms with van der Waals surface area (Å²) in [5.41, 5.74) is 8.80. The van der Waals surface area contributed by atoms with Gasteiger partial charge in [-0.2, -0.15) is 0 Å². The zero-order chi connectivity index (χ0) is 16.7. The topological polar surface area (TPSA) is 53.0 Å². The standard InChI is InChI=1S/C19H31N3O/c1-3-5-7-9-13-21-17-12-11-16(20)15-18(17)22(19(21)23)14-10-8-6-4-2/h11-12,15H,3-10,13-14,20H2,1-2H3. The Hall–Kier alpha value is -1.71. The van der Waals surface area contributed by atoms with Crippen LogP contribution in [0.2, 0.25) is 0 Å². The number of hydrogen-bond acceptors (Lipinski definition) is 2. The van der Waals surface area contributed by atoms with Crippen LogP contribution < -0.4 is 11.4 Å². The molecule has 128 valence electrons. The highest BCUT2D eigenvalue weighted by Crippen LogP contribution is 2.18. The van der Waals surface area contributed by atoms with E-state index in [-0.39, 0.29) is 5.69 Å². The SMILES string of the molecule is CCCCCCn1c(=O)n(CCCCCC)c2cc(N)ccc21. The molecule has 4 heteroatoms. The van der Waals surface area contributed by atoms with E-state index in [1.807, 2.05) is 27.3 Å². The van der Waals surface area contributed by atoms with Crippen LogP contribution in [0.4, 0.5) is 5.69 Å². The number of hydrogen-bond donors (Lipinski definition) is 1. The molecule has 0 aliphatic heterocycles. The molecule has 0 amide bonds. The van der Waals surface area contributed by atoms with Crippen molar-refractivity contribution in [3.63, 3.8) is 0 Å². The summed E-state index contributed by atoms with van der Waals surface area (Å²) in [6.07, 6.45) is 9.36. The quantitative estimate of drug-likeness (QED) is 0.516. The molecule has 1 aromatic heterocycles. The van der Waals surface area contributed by atoms with E-state index >= 15 is 0 Å². The number of anilines is 1. The van der Waals surface area contributed by atoms with E-state index in [4.69, 9.17) is 5.73 Å². The smallest absolute Gasteiger partial charge is 0.329 e. The monoisotopic (exact) mass is 317 g/mol. The Morgan fingerprint density at radius 1 is 0.826 bits per heavy atom. The number of fused-ring (bicyclic) bond motifs is 1. The minimum Gasteiger partial charge on any atom is -0.399 e. The van der Waals surface area contributed by atoms with Gasteiger partial charge in [-0.3, -0.25) is 9.13 Å². The minimum atomic E-state index is 0.124. The van der Waals surface area contributed by atoms with Gasteiger partial charge < -0.3 is 5.73 Å². The van der Waals surface area contributed by atoms with E-state index in [0.717, 1.165) is 42.7 Å². The van der Waals surface area contributed by atoms with Gasteiger partial charge in [0.1, 0.15) is 0 Å². The maximum Gasteiger partial charge on any atom is 0.329 e. The summed E-state index contributed by atoms with van der Waals surface area (Å²) in [5, 5.41) is 0. The zero-order valence-corrected chi connectivity index (χ0v) is 14.7. The van der Waals surface area contributed by atoms with Crippen molar-refractivity contribution in [3.05, 3.63) is 28.7 Å². The minimum absolute atomic E-state index is 0.124. The average molecular weight is 317 g/mol. The number of imidazole rings is 1. The molecule has 4 nitrogen and oxygen atoms in total. The predicted octanol–water partition coefficient (Wildman–Crippen LogP) is 4.55. The van der Waals surface area contributed by atoms with Crippen LogP contribution in [0.15, 0.2) is 23.0 Å². The molecule has 0 unspecified atom stereocenters. The van der Waals surface area contributed by atoms with Crippen molar-refractivity contribution in [2.75, 3.05) is 5.73 Å². The Morgan fingerprint density at radius 3 is 1.96 bits per heavy atom. The summed E-state index contributed by atoms with van der Waals surface area (Å²) in [4.78, 5) is 12.8. The second-order valence-corrected chi connectivity index (χ2v) is 6.46. The third-order valence-electron chi connectivity index (χ3n) is 4.51. The lowest BCUT2D eigenvalue weighted by Crippen LogP contribution is -2.24. The second kappa shape index (κ2) is 8.80. The molecule has 2 N–H and O–H groups in total. The van der Waals surface area contributed by atoms with Gasteiger partial charge in [0.2, 0.25) is 0 Å². The number of unbranched alkanes of at least 4 members (excludes halogenated alkanes) is 6. The highest BCUT2D eigenvalue weighted by molar-refractivity contribution is 5.79. The van der Waals surface area contributed by atoms with Gasteiger partial charge in [0.05, 0.1) is 11.0 Å². The molecule has 0 radical (unpaired) electrons. The molecule has 23 heavy (non-hydrogen) atoms. The Kier molecular flexibility index (Phi) is 6.75. The summed E-state index contributed by atoms with van der Waals surface area (Å²) in [7, 11) is 0. The normalized spacial score (nSPS) is 11.4. The fourth-order valence-corrected chi connectivity index (χ4v) is 3.16. The molecular weight excluding hydrogens is 286 g/mol. The van der Waals surface area contributed by atoms with Gasteiger partial charge in [-0.25, -0.2) is 4.79 Å². The number of aryl methyl sites for hydroxylation is 2. The molecule has 1 heterocycles. The highest BCUT2D eigenvalue weighted by Gasteiger charge is 2.12. The van der Waals surface area contributed by atoms with Crippen molar-refractivity contribution in [1.82, 2.24) is 9.13 Å². The summed E-state index contributed by atoms with van der Waals surface area (Å²) < 4.78 is 3.85. The third-order valence-corrected chi connectivity index (χ3v) is 4.51. The molecule has 0 spiro atoms. The van der Waals surface area contributed by atoms with Gasteiger partial charge in [-0.05, 0) is 31.0 Å². The first kappa shape index (κ1) is 17.6. The van der Waals surface area contributed by atoms with Crippen molar-refractivity contribution in [2.24, 2.45) is 0 Å². The lowest BCUT2D eigenvalue weighted by molar-refractivity contribution is 0.542. The van der Waals surface area contributed by atoms with Crippen LogP contribution in [0.25, 0.3) is 11.0 Å². The summed E-state index contributed by atoms with van der Waals surface area (Å²) in [6, 6.07) is 5.83. The first-order chi connectivity index (χ1) is 11.2. The average Bonchev–Trinajstić information content (AvgIpc) is 2.80. The van der Waals surface area contributed by atoms with Crippen molar-refractivity contribution in [2.45, 2.75) is 78.3 Å². The van der Waals surface area contributed by atoms with Crippen LogP contribution in [0.1, 0.15) is 65.2 Å². The van der Waals surface area contributed by atoms with E-state index < -0.39 is 0 Å². The molecule has 0 atom stereocenters. The second-order valence-electron chi connectivity index (χ2n) is 6.46. The molecule has 1 aromatic carbocycles. The number of aromatic nitrogens is 2. The Balaban J connectivity index is 2.24. The number of nitrogen functional groups attached to an aromatic ring is 1. The molecule has 0 aliphatic carbocycles. The maximum atomic E-state index is 12.8. The molecule has 0 fully saturated rings. The van der Waals surface area contributed by atoms with Crippen LogP contribution in [0.5, 0.6) is 0 Å². The van der Waals surface area contributed by atoms with Crippen molar-refractivity contribution in [1.29, 1.82) is 0 Å². The molecule has 0 saturated heterocycles. The molecule has 2 rings (SSSR count). The number of rotatable bonds is 10. The summed E-state index contributed by atoms with van der Waals surface area (Å²) in [5.74, 6) is 0.